The molecule has 2 nitrogen and oxygen atoms in total. The van der Waals surface area contributed by atoms with E-state index in [0.717, 1.165) is 18.8 Å². The molecule has 19 heavy (non-hydrogen) atoms. The minimum Gasteiger partial charge on any atom is -0.489 e. The van der Waals surface area contributed by atoms with Crippen molar-refractivity contribution in [3.8, 4) is 5.75 Å². The van der Waals surface area contributed by atoms with E-state index in [4.69, 9.17) is 4.74 Å². The first-order valence-corrected chi connectivity index (χ1v) is 7.05. The van der Waals surface area contributed by atoms with Crippen molar-refractivity contribution in [2.45, 2.75) is 41.2 Å². The molecule has 0 amide bonds. The summed E-state index contributed by atoms with van der Waals surface area (Å²) in [5, 5.41) is 3.47. The lowest BCUT2D eigenvalue weighted by Gasteiger charge is -2.13. The van der Waals surface area contributed by atoms with Gasteiger partial charge in [0.05, 0.1) is 0 Å². The first-order valence-electron chi connectivity index (χ1n) is 7.05. The Labute approximate surface area is 117 Å². The van der Waals surface area contributed by atoms with Gasteiger partial charge >= 0.3 is 0 Å². The molecule has 0 heterocycles. The second-order valence-electron chi connectivity index (χ2n) is 5.73. The lowest BCUT2D eigenvalue weighted by atomic mass is 10.1. The zero-order valence-electron chi connectivity index (χ0n) is 12.9. The van der Waals surface area contributed by atoms with Crippen LogP contribution in [0.2, 0.25) is 0 Å². The van der Waals surface area contributed by atoms with Crippen molar-refractivity contribution in [3.63, 3.8) is 0 Å². The van der Waals surface area contributed by atoms with Crippen LogP contribution in [0.5, 0.6) is 5.75 Å². The smallest absolute Gasteiger partial charge is 0.124 e. The van der Waals surface area contributed by atoms with E-state index < -0.39 is 0 Å². The van der Waals surface area contributed by atoms with E-state index in [-0.39, 0.29) is 0 Å². The van der Waals surface area contributed by atoms with Gasteiger partial charge in [0.2, 0.25) is 0 Å². The second-order valence-corrected chi connectivity index (χ2v) is 5.73. The molecule has 0 atom stereocenters. The maximum Gasteiger partial charge on any atom is 0.124 e. The van der Waals surface area contributed by atoms with Gasteiger partial charge in [-0.15, -0.1) is 0 Å². The summed E-state index contributed by atoms with van der Waals surface area (Å²) in [5.41, 5.74) is 3.80. The molecule has 0 aliphatic rings. The molecule has 1 N–H and O–H groups in total. The summed E-state index contributed by atoms with van der Waals surface area (Å²) < 4.78 is 5.84. The molecule has 0 unspecified atom stereocenters. The number of aryl methyl sites for hydroxylation is 1. The van der Waals surface area contributed by atoms with Crippen molar-refractivity contribution in [2.75, 3.05) is 13.2 Å². The van der Waals surface area contributed by atoms with Crippen LogP contribution in [0.4, 0.5) is 0 Å². The molecule has 0 saturated heterocycles. The summed E-state index contributed by atoms with van der Waals surface area (Å²) in [6.07, 6.45) is 2.10. The van der Waals surface area contributed by atoms with E-state index in [1.165, 1.54) is 16.7 Å². The molecule has 0 saturated carbocycles. The fourth-order valence-electron chi connectivity index (χ4n) is 1.78. The van der Waals surface area contributed by atoms with Gasteiger partial charge in [-0.1, -0.05) is 37.1 Å². The monoisotopic (exact) mass is 261 g/mol. The molecule has 0 spiro atoms. The maximum absolute atomic E-state index is 5.84. The normalized spacial score (nSPS) is 10.6. The second kappa shape index (κ2) is 8.00. The number of ether oxygens (including phenoxy) is 1. The molecule has 0 aliphatic carbocycles. The summed E-state index contributed by atoms with van der Waals surface area (Å²) in [7, 11) is 0. The zero-order chi connectivity index (χ0) is 14.3. The summed E-state index contributed by atoms with van der Waals surface area (Å²) in [6, 6.07) is 6.37. The van der Waals surface area contributed by atoms with Gasteiger partial charge in [-0.05, 0) is 45.4 Å². The molecule has 1 aromatic carbocycles. The average Bonchev–Trinajstić information content (AvgIpc) is 2.31. The Kier molecular flexibility index (Phi) is 6.65. The third-order valence-electron chi connectivity index (χ3n) is 2.81. The molecule has 0 radical (unpaired) electrons. The molecule has 0 aromatic heterocycles. The molecule has 0 bridgehead atoms. The molecular formula is C17H27NO. The van der Waals surface area contributed by atoms with Crippen LogP contribution in [0, 0.1) is 12.8 Å². The Morgan fingerprint density at radius 1 is 1.32 bits per heavy atom. The molecule has 106 valence electrons. The van der Waals surface area contributed by atoms with Crippen LogP contribution in [-0.2, 0) is 6.54 Å². The highest BCUT2D eigenvalue weighted by atomic mass is 16.5. The van der Waals surface area contributed by atoms with E-state index >= 15 is 0 Å². The Morgan fingerprint density at radius 2 is 2.05 bits per heavy atom. The zero-order valence-corrected chi connectivity index (χ0v) is 12.9. The number of allylic oxidation sites excluding steroid dienone is 1. The predicted molar refractivity (Wildman–Crippen MR) is 82.6 cm³/mol. The minimum absolute atomic E-state index is 0.641. The molecule has 0 fully saturated rings. The molecule has 2 heteroatoms. The van der Waals surface area contributed by atoms with E-state index in [9.17, 15) is 0 Å². The van der Waals surface area contributed by atoms with Gasteiger partial charge in [0.15, 0.2) is 0 Å². The summed E-state index contributed by atoms with van der Waals surface area (Å²) in [6.45, 7) is 13.3. The number of benzene rings is 1. The van der Waals surface area contributed by atoms with Crippen molar-refractivity contribution in [1.29, 1.82) is 0 Å². The Bertz CT molecular complexity index is 417. The first-order chi connectivity index (χ1) is 8.99. The van der Waals surface area contributed by atoms with Crippen LogP contribution in [-0.4, -0.2) is 13.2 Å². The van der Waals surface area contributed by atoms with E-state index in [0.29, 0.717) is 12.5 Å². The van der Waals surface area contributed by atoms with Crippen LogP contribution in [0.1, 0.15) is 38.8 Å². The number of hydrogen-bond donors (Lipinski definition) is 1. The van der Waals surface area contributed by atoms with Crippen molar-refractivity contribution in [3.05, 3.63) is 41.0 Å². The highest BCUT2D eigenvalue weighted by Crippen LogP contribution is 2.20. The van der Waals surface area contributed by atoms with Crippen LogP contribution >= 0.6 is 0 Å². The minimum atomic E-state index is 0.641. The quantitative estimate of drug-likeness (QED) is 0.747. The number of rotatable bonds is 7. The molecule has 0 aliphatic heterocycles. The van der Waals surface area contributed by atoms with Crippen LogP contribution in [0.15, 0.2) is 29.8 Å². The van der Waals surface area contributed by atoms with E-state index in [2.05, 4.69) is 64.2 Å². The first kappa shape index (κ1) is 15.8. The predicted octanol–water partition coefficient (Wildman–Crippen LogP) is 4.09. The summed E-state index contributed by atoms with van der Waals surface area (Å²) in [4.78, 5) is 0. The van der Waals surface area contributed by atoms with Gasteiger partial charge in [-0.3, -0.25) is 0 Å². The number of hydrogen-bond acceptors (Lipinski definition) is 2. The third-order valence-corrected chi connectivity index (χ3v) is 2.81. The molecule has 1 aromatic rings. The van der Waals surface area contributed by atoms with Gasteiger partial charge in [0.1, 0.15) is 12.4 Å². The van der Waals surface area contributed by atoms with Crippen molar-refractivity contribution in [2.24, 2.45) is 5.92 Å². The Hall–Kier alpha value is -1.28. The number of nitrogens with one attached hydrogen (secondary N) is 1. The topological polar surface area (TPSA) is 21.3 Å². The highest BCUT2D eigenvalue weighted by molar-refractivity contribution is 5.37. The SMILES string of the molecule is CC(C)=CCOc1ccc(C)cc1CNCC(C)C. The third kappa shape index (κ3) is 6.44. The largest absolute Gasteiger partial charge is 0.489 e. The maximum atomic E-state index is 5.84. The Morgan fingerprint density at radius 3 is 2.68 bits per heavy atom. The van der Waals surface area contributed by atoms with Gasteiger partial charge in [0.25, 0.3) is 0 Å². The van der Waals surface area contributed by atoms with E-state index in [1.54, 1.807) is 0 Å². The standard InChI is InChI=1S/C17H27NO/c1-13(2)8-9-19-17-7-6-15(5)10-16(17)12-18-11-14(3)4/h6-8,10,14,18H,9,11-12H2,1-5H3. The Balaban J connectivity index is 2.65. The van der Waals surface area contributed by atoms with Crippen molar-refractivity contribution < 1.29 is 4.74 Å². The fraction of sp³-hybridized carbons (Fsp3) is 0.529. The molecule has 1 rings (SSSR count). The summed E-state index contributed by atoms with van der Waals surface area (Å²) in [5.74, 6) is 1.65. The van der Waals surface area contributed by atoms with Crippen molar-refractivity contribution in [1.82, 2.24) is 5.32 Å². The lowest BCUT2D eigenvalue weighted by molar-refractivity contribution is 0.356. The summed E-state index contributed by atoms with van der Waals surface area (Å²) >= 11 is 0. The van der Waals surface area contributed by atoms with Gasteiger partial charge < -0.3 is 10.1 Å². The van der Waals surface area contributed by atoms with Gasteiger partial charge in [-0.25, -0.2) is 0 Å². The van der Waals surface area contributed by atoms with Crippen LogP contribution < -0.4 is 10.1 Å². The lowest BCUT2D eigenvalue weighted by Crippen LogP contribution is -2.19. The van der Waals surface area contributed by atoms with Crippen molar-refractivity contribution >= 4 is 0 Å². The highest BCUT2D eigenvalue weighted by Gasteiger charge is 2.04. The van der Waals surface area contributed by atoms with Gasteiger partial charge in [0, 0.05) is 12.1 Å². The van der Waals surface area contributed by atoms with Gasteiger partial charge in [-0.2, -0.15) is 0 Å². The van der Waals surface area contributed by atoms with E-state index in [1.807, 2.05) is 0 Å². The molecular weight excluding hydrogens is 234 g/mol. The van der Waals surface area contributed by atoms with Crippen LogP contribution in [0.25, 0.3) is 0 Å². The average molecular weight is 261 g/mol. The van der Waals surface area contributed by atoms with Crippen LogP contribution in [0.3, 0.4) is 0 Å². The fourth-order valence-corrected chi connectivity index (χ4v) is 1.78.